The summed E-state index contributed by atoms with van der Waals surface area (Å²) >= 11 is 0. The van der Waals surface area contributed by atoms with Gasteiger partial charge in [-0.2, -0.15) is 0 Å². The van der Waals surface area contributed by atoms with Crippen molar-refractivity contribution in [3.8, 4) is 0 Å². The molecule has 1 aliphatic rings. The van der Waals surface area contributed by atoms with Gasteiger partial charge in [0.05, 0.1) is 0 Å². The Hall–Kier alpha value is -0.0800. The standard InChI is InChI=1S/C19H39NO/c1-7-20-18-9-8-17(19(4,5)6)14-16(18)11-13-21-12-10-15(2)3/h15-18,20H,7-14H2,1-6H3. The van der Waals surface area contributed by atoms with Crippen molar-refractivity contribution in [3.63, 3.8) is 0 Å². The minimum Gasteiger partial charge on any atom is -0.381 e. The fourth-order valence-corrected chi connectivity index (χ4v) is 3.56. The average Bonchev–Trinajstić information content (AvgIpc) is 2.38. The van der Waals surface area contributed by atoms with E-state index in [1.807, 2.05) is 0 Å². The lowest BCUT2D eigenvalue weighted by Gasteiger charge is -2.42. The molecule has 0 aromatic carbocycles. The molecule has 0 heterocycles. The van der Waals surface area contributed by atoms with Crippen molar-refractivity contribution in [3.05, 3.63) is 0 Å². The van der Waals surface area contributed by atoms with Crippen LogP contribution in [0.2, 0.25) is 0 Å². The van der Waals surface area contributed by atoms with Gasteiger partial charge in [0.25, 0.3) is 0 Å². The van der Waals surface area contributed by atoms with E-state index in [2.05, 4.69) is 46.9 Å². The number of ether oxygens (including phenoxy) is 1. The molecule has 126 valence electrons. The van der Waals surface area contributed by atoms with Crippen LogP contribution in [-0.4, -0.2) is 25.8 Å². The van der Waals surface area contributed by atoms with Crippen LogP contribution < -0.4 is 5.32 Å². The van der Waals surface area contributed by atoms with Gasteiger partial charge >= 0.3 is 0 Å². The van der Waals surface area contributed by atoms with Gasteiger partial charge in [0.15, 0.2) is 0 Å². The van der Waals surface area contributed by atoms with E-state index in [1.165, 1.54) is 32.1 Å². The molecule has 2 heteroatoms. The fraction of sp³-hybridized carbons (Fsp3) is 1.00. The number of hydrogen-bond donors (Lipinski definition) is 1. The quantitative estimate of drug-likeness (QED) is 0.645. The van der Waals surface area contributed by atoms with Crippen molar-refractivity contribution in [1.29, 1.82) is 0 Å². The Morgan fingerprint density at radius 1 is 1.14 bits per heavy atom. The molecule has 1 rings (SSSR count). The van der Waals surface area contributed by atoms with Crippen LogP contribution in [0.4, 0.5) is 0 Å². The third kappa shape index (κ3) is 7.15. The van der Waals surface area contributed by atoms with Crippen LogP contribution in [0.1, 0.15) is 73.6 Å². The zero-order valence-corrected chi connectivity index (χ0v) is 15.4. The van der Waals surface area contributed by atoms with Crippen molar-refractivity contribution < 1.29 is 4.74 Å². The lowest BCUT2D eigenvalue weighted by Crippen LogP contribution is -2.43. The summed E-state index contributed by atoms with van der Waals surface area (Å²) in [5.41, 5.74) is 0.452. The van der Waals surface area contributed by atoms with Crippen molar-refractivity contribution >= 4 is 0 Å². The molecule has 1 fully saturated rings. The SMILES string of the molecule is CCNC1CCC(C(C)(C)C)CC1CCOCCC(C)C. The van der Waals surface area contributed by atoms with E-state index in [9.17, 15) is 0 Å². The monoisotopic (exact) mass is 297 g/mol. The Labute approximate surface area is 133 Å². The maximum atomic E-state index is 5.87. The largest absolute Gasteiger partial charge is 0.381 e. The number of nitrogens with one attached hydrogen (secondary N) is 1. The van der Waals surface area contributed by atoms with E-state index in [4.69, 9.17) is 4.74 Å². The first-order chi connectivity index (χ1) is 9.84. The van der Waals surface area contributed by atoms with Crippen LogP contribution in [0.3, 0.4) is 0 Å². The highest BCUT2D eigenvalue weighted by molar-refractivity contribution is 4.88. The van der Waals surface area contributed by atoms with E-state index in [1.54, 1.807) is 0 Å². The van der Waals surface area contributed by atoms with Gasteiger partial charge in [0, 0.05) is 19.3 Å². The lowest BCUT2D eigenvalue weighted by molar-refractivity contribution is 0.0689. The van der Waals surface area contributed by atoms with Crippen LogP contribution in [0, 0.1) is 23.2 Å². The van der Waals surface area contributed by atoms with Gasteiger partial charge in [-0.1, -0.05) is 41.5 Å². The summed E-state index contributed by atoms with van der Waals surface area (Å²) in [4.78, 5) is 0. The first-order valence-corrected chi connectivity index (χ1v) is 9.15. The highest BCUT2D eigenvalue weighted by Crippen LogP contribution is 2.41. The van der Waals surface area contributed by atoms with Gasteiger partial charge in [-0.25, -0.2) is 0 Å². The second kappa shape index (κ2) is 9.15. The summed E-state index contributed by atoms with van der Waals surface area (Å²) < 4.78 is 5.87. The first-order valence-electron chi connectivity index (χ1n) is 9.15. The molecule has 0 bridgehead atoms. The van der Waals surface area contributed by atoms with E-state index in [0.29, 0.717) is 11.5 Å². The molecule has 1 N–H and O–H groups in total. The second-order valence-electron chi connectivity index (χ2n) is 8.38. The number of hydrogen-bond acceptors (Lipinski definition) is 2. The molecule has 0 aliphatic heterocycles. The summed E-state index contributed by atoms with van der Waals surface area (Å²) in [7, 11) is 0. The molecular weight excluding hydrogens is 258 g/mol. The maximum absolute atomic E-state index is 5.87. The Kier molecular flexibility index (Phi) is 8.26. The minimum atomic E-state index is 0.452. The van der Waals surface area contributed by atoms with Crippen molar-refractivity contribution in [2.45, 2.75) is 79.7 Å². The molecule has 0 saturated heterocycles. The predicted octanol–water partition coefficient (Wildman–Crippen LogP) is 4.88. The van der Waals surface area contributed by atoms with Crippen LogP contribution in [0.15, 0.2) is 0 Å². The molecule has 3 unspecified atom stereocenters. The topological polar surface area (TPSA) is 21.3 Å². The third-order valence-corrected chi connectivity index (χ3v) is 5.15. The average molecular weight is 298 g/mol. The Morgan fingerprint density at radius 2 is 1.86 bits per heavy atom. The second-order valence-corrected chi connectivity index (χ2v) is 8.38. The summed E-state index contributed by atoms with van der Waals surface area (Å²) in [5, 5.41) is 3.71. The molecule has 2 nitrogen and oxygen atoms in total. The molecule has 0 radical (unpaired) electrons. The van der Waals surface area contributed by atoms with Gasteiger partial charge in [-0.3, -0.25) is 0 Å². The molecule has 0 aromatic heterocycles. The first kappa shape index (κ1) is 19.0. The molecule has 3 atom stereocenters. The van der Waals surface area contributed by atoms with Crippen LogP contribution in [0.25, 0.3) is 0 Å². The zero-order chi connectivity index (χ0) is 15.9. The van der Waals surface area contributed by atoms with Gasteiger partial charge in [-0.15, -0.1) is 0 Å². The fourth-order valence-electron chi connectivity index (χ4n) is 3.56. The van der Waals surface area contributed by atoms with E-state index in [-0.39, 0.29) is 0 Å². The molecule has 1 aliphatic carbocycles. The molecule has 0 spiro atoms. The van der Waals surface area contributed by atoms with Crippen LogP contribution in [-0.2, 0) is 4.74 Å². The minimum absolute atomic E-state index is 0.452. The molecule has 21 heavy (non-hydrogen) atoms. The third-order valence-electron chi connectivity index (χ3n) is 5.15. The molecular formula is C19H39NO. The smallest absolute Gasteiger partial charge is 0.0469 e. The summed E-state index contributed by atoms with van der Waals surface area (Å²) in [6, 6.07) is 0.710. The van der Waals surface area contributed by atoms with Crippen molar-refractivity contribution in [1.82, 2.24) is 5.32 Å². The predicted molar refractivity (Wildman–Crippen MR) is 92.6 cm³/mol. The van der Waals surface area contributed by atoms with Gasteiger partial charge in [0.1, 0.15) is 0 Å². The summed E-state index contributed by atoms with van der Waals surface area (Å²) in [6.45, 7) is 16.9. The van der Waals surface area contributed by atoms with Gasteiger partial charge in [-0.05, 0) is 61.8 Å². The highest BCUT2D eigenvalue weighted by atomic mass is 16.5. The summed E-state index contributed by atoms with van der Waals surface area (Å²) in [6.07, 6.45) is 6.50. The zero-order valence-electron chi connectivity index (χ0n) is 15.4. The Morgan fingerprint density at radius 3 is 2.43 bits per heavy atom. The van der Waals surface area contributed by atoms with E-state index in [0.717, 1.165) is 37.5 Å². The van der Waals surface area contributed by atoms with Gasteiger partial charge in [0.2, 0.25) is 0 Å². The molecule has 0 aromatic rings. The molecule has 0 amide bonds. The normalized spacial score (nSPS) is 27.3. The maximum Gasteiger partial charge on any atom is 0.0469 e. The van der Waals surface area contributed by atoms with Crippen molar-refractivity contribution in [2.24, 2.45) is 23.2 Å². The van der Waals surface area contributed by atoms with E-state index < -0.39 is 0 Å². The Balaban J connectivity index is 2.40. The van der Waals surface area contributed by atoms with E-state index >= 15 is 0 Å². The van der Waals surface area contributed by atoms with Crippen LogP contribution in [0.5, 0.6) is 0 Å². The highest BCUT2D eigenvalue weighted by Gasteiger charge is 2.35. The summed E-state index contributed by atoms with van der Waals surface area (Å²) in [5.74, 6) is 2.41. The molecule has 1 saturated carbocycles. The number of rotatable bonds is 8. The van der Waals surface area contributed by atoms with Gasteiger partial charge < -0.3 is 10.1 Å². The van der Waals surface area contributed by atoms with Crippen LogP contribution >= 0.6 is 0 Å². The lowest BCUT2D eigenvalue weighted by atomic mass is 9.67. The Bertz CT molecular complexity index is 269. The van der Waals surface area contributed by atoms with Crippen molar-refractivity contribution in [2.75, 3.05) is 19.8 Å².